The maximum absolute atomic E-state index is 13.8. The Morgan fingerprint density at radius 1 is 1.03 bits per heavy atom. The molecule has 38 heavy (non-hydrogen) atoms. The van der Waals surface area contributed by atoms with Crippen LogP contribution in [0.1, 0.15) is 16.8 Å². The molecule has 0 unspecified atom stereocenters. The number of carbonyl (C=O) groups excluding carboxylic acids is 1. The Kier molecular flexibility index (Phi) is 8.10. The van der Waals surface area contributed by atoms with Gasteiger partial charge in [0.25, 0.3) is 11.8 Å². The van der Waals surface area contributed by atoms with Gasteiger partial charge in [0.15, 0.2) is 11.6 Å². The minimum atomic E-state index is -2.32. The van der Waals surface area contributed by atoms with Crippen molar-refractivity contribution >= 4 is 45.1 Å². The molecule has 1 amide bonds. The number of ether oxygens (including phenoxy) is 2. The van der Waals surface area contributed by atoms with E-state index in [1.54, 1.807) is 0 Å². The van der Waals surface area contributed by atoms with E-state index in [9.17, 15) is 13.6 Å². The minimum absolute atomic E-state index is 0.140. The number of halogens is 2. The number of nitrogens with zero attached hydrogens (tertiary/aromatic N) is 4. The van der Waals surface area contributed by atoms with Crippen molar-refractivity contribution < 1.29 is 23.0 Å². The third-order valence-electron chi connectivity index (χ3n) is 5.47. The van der Waals surface area contributed by atoms with Crippen LogP contribution in [-0.2, 0) is 0 Å². The minimum Gasteiger partial charge on any atom is -0.503 e. The number of nitrogens with one attached hydrogen (secondary N) is 2. The lowest BCUT2D eigenvalue weighted by atomic mass is 9.28. The lowest BCUT2D eigenvalue weighted by Crippen LogP contribution is -2.51. The van der Waals surface area contributed by atoms with Crippen molar-refractivity contribution in [3.8, 4) is 28.8 Å². The van der Waals surface area contributed by atoms with Gasteiger partial charge in [0.05, 0.1) is 41.5 Å². The second-order valence-electron chi connectivity index (χ2n) is 8.75. The SMILES string of the molecule is [B]C([B])([B])C([B])([B])Oc1cc(F)cnc1Oc1cncc(-c2ncc(C(=O)N[C@@H]3CNC[C@@H](F)C3)cn2)c1. The van der Waals surface area contributed by atoms with Crippen LogP contribution in [0.2, 0.25) is 5.11 Å². The summed E-state index contributed by atoms with van der Waals surface area (Å²) in [6.45, 7) is 0.742. The van der Waals surface area contributed by atoms with Crippen molar-refractivity contribution in [3.05, 3.63) is 54.5 Å². The van der Waals surface area contributed by atoms with Gasteiger partial charge in [-0.2, -0.15) is 0 Å². The van der Waals surface area contributed by atoms with E-state index in [2.05, 4.69) is 30.6 Å². The van der Waals surface area contributed by atoms with E-state index in [4.69, 9.17) is 48.7 Å². The van der Waals surface area contributed by atoms with Crippen molar-refractivity contribution in [2.24, 2.45) is 0 Å². The largest absolute Gasteiger partial charge is 0.503 e. The Balaban J connectivity index is 1.49. The molecule has 4 heterocycles. The summed E-state index contributed by atoms with van der Waals surface area (Å²) < 4.78 is 38.4. The summed E-state index contributed by atoms with van der Waals surface area (Å²) in [5, 5.41) is 1.16. The Morgan fingerprint density at radius 3 is 2.45 bits per heavy atom. The van der Waals surface area contributed by atoms with Gasteiger partial charge in [-0.3, -0.25) is 9.78 Å². The third kappa shape index (κ3) is 6.72. The number of alkyl halides is 1. The molecule has 16 heteroatoms. The molecule has 0 saturated carbocycles. The summed E-state index contributed by atoms with van der Waals surface area (Å²) in [5.41, 5.74) is 0.628. The van der Waals surface area contributed by atoms with E-state index in [0.29, 0.717) is 12.1 Å². The normalized spacial score (nSPS) is 17.9. The van der Waals surface area contributed by atoms with Gasteiger partial charge >= 0.3 is 0 Å². The van der Waals surface area contributed by atoms with E-state index >= 15 is 0 Å². The molecular weight excluding hydrogens is 488 g/mol. The molecule has 1 aliphatic rings. The van der Waals surface area contributed by atoms with Crippen molar-refractivity contribution in [1.29, 1.82) is 0 Å². The predicted molar refractivity (Wildman–Crippen MR) is 138 cm³/mol. The van der Waals surface area contributed by atoms with Crippen LogP contribution < -0.4 is 20.1 Å². The first-order valence-electron chi connectivity index (χ1n) is 11.3. The summed E-state index contributed by atoms with van der Waals surface area (Å²) in [4.78, 5) is 28.8. The maximum atomic E-state index is 13.8. The number of carbonyl (C=O) groups is 1. The molecule has 2 atom stereocenters. The first-order valence-corrected chi connectivity index (χ1v) is 11.3. The summed E-state index contributed by atoms with van der Waals surface area (Å²) in [7, 11) is 28.0. The Morgan fingerprint density at radius 2 is 1.76 bits per heavy atom. The third-order valence-corrected chi connectivity index (χ3v) is 5.47. The van der Waals surface area contributed by atoms with E-state index in [1.165, 1.54) is 30.9 Å². The summed E-state index contributed by atoms with van der Waals surface area (Å²) in [6.07, 6.45) is 5.56. The number of amides is 1. The lowest BCUT2D eigenvalue weighted by molar-refractivity contribution is 0.0918. The molecule has 1 fully saturated rings. The average molecular weight is 505 g/mol. The van der Waals surface area contributed by atoms with E-state index in [1.807, 2.05) is 0 Å². The van der Waals surface area contributed by atoms with Gasteiger partial charge in [-0.15, -0.1) is 5.11 Å². The molecule has 0 aliphatic carbocycles. The highest BCUT2D eigenvalue weighted by molar-refractivity contribution is 6.66. The number of rotatable bonds is 8. The molecular formula is C22H17B5F2N6O3. The Hall–Kier alpha value is -3.41. The van der Waals surface area contributed by atoms with Crippen LogP contribution in [-0.4, -0.2) is 95.8 Å². The second kappa shape index (κ2) is 11.1. The number of hydrogen-bond acceptors (Lipinski definition) is 8. The molecule has 0 bridgehead atoms. The van der Waals surface area contributed by atoms with Crippen molar-refractivity contribution in [1.82, 2.24) is 30.6 Å². The molecule has 3 aromatic rings. The van der Waals surface area contributed by atoms with Gasteiger partial charge in [-0.05, 0) is 6.07 Å². The first-order chi connectivity index (χ1) is 17.9. The molecule has 2 N–H and O–H groups in total. The average Bonchev–Trinajstić information content (AvgIpc) is 2.85. The van der Waals surface area contributed by atoms with Crippen LogP contribution in [0.3, 0.4) is 0 Å². The second-order valence-corrected chi connectivity index (χ2v) is 8.75. The highest BCUT2D eigenvalue weighted by Gasteiger charge is 2.33. The maximum Gasteiger partial charge on any atom is 0.262 e. The van der Waals surface area contributed by atoms with Gasteiger partial charge in [-0.25, -0.2) is 23.7 Å². The summed E-state index contributed by atoms with van der Waals surface area (Å²) in [6, 6.07) is 2.09. The van der Waals surface area contributed by atoms with E-state index < -0.39 is 28.4 Å². The molecule has 4 rings (SSSR count). The van der Waals surface area contributed by atoms with Gasteiger partial charge in [-0.1, -0.05) is 0 Å². The number of aromatic nitrogens is 4. The Labute approximate surface area is 224 Å². The van der Waals surface area contributed by atoms with Gasteiger partial charge in [0, 0.05) is 61.2 Å². The highest BCUT2D eigenvalue weighted by atomic mass is 19.1. The van der Waals surface area contributed by atoms with Crippen LogP contribution in [0, 0.1) is 5.82 Å². The fourth-order valence-electron chi connectivity index (χ4n) is 3.40. The molecule has 3 aromatic heterocycles. The number of piperidine rings is 1. The van der Waals surface area contributed by atoms with Crippen LogP contribution >= 0.6 is 0 Å². The Bertz CT molecular complexity index is 1300. The molecule has 1 aliphatic heterocycles. The van der Waals surface area contributed by atoms with Crippen molar-refractivity contribution in [2.45, 2.75) is 29.1 Å². The van der Waals surface area contributed by atoms with Crippen LogP contribution in [0.15, 0.2) is 43.1 Å². The number of hydrogen-bond donors (Lipinski definition) is 2. The molecule has 9 nitrogen and oxygen atoms in total. The smallest absolute Gasteiger partial charge is 0.262 e. The van der Waals surface area contributed by atoms with Gasteiger partial charge in [0.1, 0.15) is 33.4 Å². The van der Waals surface area contributed by atoms with Gasteiger partial charge < -0.3 is 20.1 Å². The van der Waals surface area contributed by atoms with E-state index in [0.717, 1.165) is 12.3 Å². The van der Waals surface area contributed by atoms with Crippen LogP contribution in [0.5, 0.6) is 17.4 Å². The zero-order valence-electron chi connectivity index (χ0n) is 20.0. The fourth-order valence-corrected chi connectivity index (χ4v) is 3.40. The zero-order chi connectivity index (χ0) is 27.5. The standard InChI is InChI=1S/C22H17B5F2N6O3/c23-21(24,25)22(26,27)38-17-3-14(29)8-34-20(17)37-16-1-11(4-30-10-16)18-32-5-12(6-33-18)19(36)35-15-2-13(28)7-31-9-15/h1,3-6,8,10,13,15,31H,2,7,9H2,(H,35,36)/t13-,15-/m0/s1. The predicted octanol–water partition coefficient (Wildman–Crippen LogP) is 0.244. The van der Waals surface area contributed by atoms with Crippen LogP contribution in [0.4, 0.5) is 8.78 Å². The van der Waals surface area contributed by atoms with Gasteiger partial charge in [0.2, 0.25) is 0 Å². The first kappa shape index (κ1) is 27.6. The van der Waals surface area contributed by atoms with E-state index in [-0.39, 0.29) is 47.8 Å². The molecule has 1 saturated heterocycles. The molecule has 10 radical (unpaired) electrons. The zero-order valence-corrected chi connectivity index (χ0v) is 20.0. The topological polar surface area (TPSA) is 111 Å². The highest BCUT2D eigenvalue weighted by Crippen LogP contribution is 2.36. The quantitative estimate of drug-likeness (QED) is 0.419. The fraction of sp³-hybridized carbons (Fsp3) is 0.318. The van der Waals surface area contributed by atoms with Crippen molar-refractivity contribution in [3.63, 3.8) is 0 Å². The van der Waals surface area contributed by atoms with Crippen molar-refractivity contribution in [2.75, 3.05) is 13.1 Å². The molecule has 0 spiro atoms. The summed E-state index contributed by atoms with van der Waals surface area (Å²) in [5.74, 6) is -1.40. The van der Waals surface area contributed by atoms with Crippen LogP contribution in [0.25, 0.3) is 11.4 Å². The lowest BCUT2D eigenvalue weighted by Gasteiger charge is -2.42. The monoisotopic (exact) mass is 506 g/mol. The summed E-state index contributed by atoms with van der Waals surface area (Å²) >= 11 is 0. The molecule has 0 aromatic carbocycles. The molecule has 182 valence electrons. The number of pyridine rings is 2.